The third-order valence-electron chi connectivity index (χ3n) is 3.43. The second-order valence-electron chi connectivity index (χ2n) is 4.77. The second kappa shape index (κ2) is 5.15. The average molecular weight is 290 g/mol. The summed E-state index contributed by atoms with van der Waals surface area (Å²) in [5.74, 6) is -1.69. The van der Waals surface area contributed by atoms with Gasteiger partial charge in [-0.2, -0.15) is 4.31 Å². The summed E-state index contributed by atoms with van der Waals surface area (Å²) < 4.78 is 52.6. The summed E-state index contributed by atoms with van der Waals surface area (Å²) in [4.78, 5) is 1.43. The summed E-state index contributed by atoms with van der Waals surface area (Å²) in [6, 6.07) is 2.51. The molecule has 106 valence electrons. The van der Waals surface area contributed by atoms with Crippen molar-refractivity contribution in [2.45, 2.75) is 17.9 Å². The minimum absolute atomic E-state index is 0.0418. The molecule has 0 amide bonds. The van der Waals surface area contributed by atoms with E-state index in [0.29, 0.717) is 6.54 Å². The topological polar surface area (TPSA) is 40.6 Å². The molecule has 0 aliphatic carbocycles. The predicted molar refractivity (Wildman–Crippen MR) is 67.2 cm³/mol. The fourth-order valence-corrected chi connectivity index (χ4v) is 3.64. The molecule has 1 fully saturated rings. The van der Waals surface area contributed by atoms with Gasteiger partial charge in [0, 0.05) is 25.7 Å². The molecule has 0 radical (unpaired) electrons. The number of likely N-dealkylation sites (N-methyl/N-ethyl adjacent to an activating group) is 1. The number of nitrogens with zero attached hydrogens (tertiary/aromatic N) is 2. The molecule has 0 aromatic heterocycles. The zero-order valence-corrected chi connectivity index (χ0v) is 11.6. The summed E-state index contributed by atoms with van der Waals surface area (Å²) >= 11 is 0. The highest BCUT2D eigenvalue weighted by Crippen LogP contribution is 2.22. The van der Waals surface area contributed by atoms with E-state index < -0.39 is 26.6 Å². The summed E-state index contributed by atoms with van der Waals surface area (Å²) in [7, 11) is -2.08. The molecule has 1 aromatic rings. The van der Waals surface area contributed by atoms with Crippen molar-refractivity contribution in [3.8, 4) is 0 Å². The Hall–Kier alpha value is -1.05. The highest BCUT2D eigenvalue weighted by Gasteiger charge is 2.32. The normalized spacial score (nSPS) is 22.6. The third kappa shape index (κ3) is 2.77. The molecular formula is C12H16F2N2O2S. The molecule has 0 bridgehead atoms. The van der Waals surface area contributed by atoms with Crippen molar-refractivity contribution in [2.24, 2.45) is 0 Å². The summed E-state index contributed by atoms with van der Waals surface area (Å²) in [6.45, 7) is 3.01. The van der Waals surface area contributed by atoms with Gasteiger partial charge in [0.25, 0.3) is 0 Å². The van der Waals surface area contributed by atoms with Gasteiger partial charge in [0.2, 0.25) is 10.0 Å². The predicted octanol–water partition coefficient (Wildman–Crippen LogP) is 1.29. The van der Waals surface area contributed by atoms with E-state index in [1.165, 1.54) is 4.31 Å². The highest BCUT2D eigenvalue weighted by molar-refractivity contribution is 7.89. The van der Waals surface area contributed by atoms with Gasteiger partial charge in [-0.3, -0.25) is 0 Å². The SMILES string of the molecule is C[C@H]1CN(S(=O)(=O)c2cc(F)ccc2F)CCN1C. The zero-order chi connectivity index (χ0) is 14.2. The monoisotopic (exact) mass is 290 g/mol. The van der Waals surface area contributed by atoms with Gasteiger partial charge in [-0.25, -0.2) is 17.2 Å². The quantitative estimate of drug-likeness (QED) is 0.824. The van der Waals surface area contributed by atoms with Crippen LogP contribution in [0.1, 0.15) is 6.92 Å². The zero-order valence-electron chi connectivity index (χ0n) is 10.8. The molecule has 1 aliphatic rings. The number of halogens is 2. The molecule has 0 spiro atoms. The highest BCUT2D eigenvalue weighted by atomic mass is 32.2. The average Bonchev–Trinajstić information content (AvgIpc) is 2.35. The maximum absolute atomic E-state index is 13.6. The van der Waals surface area contributed by atoms with Gasteiger partial charge >= 0.3 is 0 Å². The Morgan fingerprint density at radius 3 is 2.58 bits per heavy atom. The molecule has 7 heteroatoms. The Kier molecular flexibility index (Phi) is 3.89. The number of sulfonamides is 1. The Balaban J connectivity index is 2.35. The van der Waals surface area contributed by atoms with E-state index in [-0.39, 0.29) is 19.1 Å². The lowest BCUT2D eigenvalue weighted by Gasteiger charge is -2.36. The Morgan fingerprint density at radius 1 is 1.26 bits per heavy atom. The summed E-state index contributed by atoms with van der Waals surface area (Å²) in [5, 5.41) is 0. The van der Waals surface area contributed by atoms with Crippen LogP contribution in [-0.4, -0.2) is 50.3 Å². The van der Waals surface area contributed by atoms with E-state index in [1.54, 1.807) is 0 Å². The van der Waals surface area contributed by atoms with Crippen LogP contribution >= 0.6 is 0 Å². The Bertz CT molecular complexity index is 577. The van der Waals surface area contributed by atoms with E-state index in [1.807, 2.05) is 18.9 Å². The number of hydrogen-bond acceptors (Lipinski definition) is 3. The molecule has 1 heterocycles. The van der Waals surface area contributed by atoms with Crippen molar-refractivity contribution < 1.29 is 17.2 Å². The van der Waals surface area contributed by atoms with Crippen molar-refractivity contribution in [3.63, 3.8) is 0 Å². The van der Waals surface area contributed by atoms with Gasteiger partial charge in [-0.05, 0) is 32.2 Å². The molecule has 19 heavy (non-hydrogen) atoms. The summed E-state index contributed by atoms with van der Waals surface area (Å²) in [6.07, 6.45) is 0. The first-order valence-corrected chi connectivity index (χ1v) is 7.42. The van der Waals surface area contributed by atoms with Crippen LogP contribution in [0.15, 0.2) is 23.1 Å². The van der Waals surface area contributed by atoms with Crippen LogP contribution in [0.2, 0.25) is 0 Å². The van der Waals surface area contributed by atoms with Crippen molar-refractivity contribution in [3.05, 3.63) is 29.8 Å². The van der Waals surface area contributed by atoms with E-state index >= 15 is 0 Å². The van der Waals surface area contributed by atoms with Crippen LogP contribution in [0.3, 0.4) is 0 Å². The van der Waals surface area contributed by atoms with Crippen molar-refractivity contribution in [1.82, 2.24) is 9.21 Å². The standard InChI is InChI=1S/C12H16F2N2O2S/c1-9-8-16(6-5-15(9)2)19(17,18)12-7-10(13)3-4-11(12)14/h3-4,7,9H,5-6,8H2,1-2H3/t9-/m0/s1. The third-order valence-corrected chi connectivity index (χ3v) is 5.31. The molecule has 0 saturated carbocycles. The molecule has 1 saturated heterocycles. The number of benzene rings is 1. The van der Waals surface area contributed by atoms with Crippen molar-refractivity contribution >= 4 is 10.0 Å². The van der Waals surface area contributed by atoms with Gasteiger partial charge in [0.05, 0.1) is 0 Å². The van der Waals surface area contributed by atoms with E-state index in [2.05, 4.69) is 0 Å². The fraction of sp³-hybridized carbons (Fsp3) is 0.500. The molecule has 1 aliphatic heterocycles. The lowest BCUT2D eigenvalue weighted by molar-refractivity contribution is 0.159. The molecular weight excluding hydrogens is 274 g/mol. The van der Waals surface area contributed by atoms with Gasteiger partial charge in [0.15, 0.2) is 0 Å². The first kappa shape index (κ1) is 14.4. The smallest absolute Gasteiger partial charge is 0.246 e. The number of piperazine rings is 1. The van der Waals surface area contributed by atoms with Crippen LogP contribution in [-0.2, 0) is 10.0 Å². The van der Waals surface area contributed by atoms with Crippen LogP contribution < -0.4 is 0 Å². The number of rotatable bonds is 2. The van der Waals surface area contributed by atoms with E-state index in [9.17, 15) is 17.2 Å². The van der Waals surface area contributed by atoms with Crippen LogP contribution in [0.5, 0.6) is 0 Å². The van der Waals surface area contributed by atoms with Gasteiger partial charge in [-0.15, -0.1) is 0 Å². The minimum Gasteiger partial charge on any atom is -0.301 e. The van der Waals surface area contributed by atoms with Crippen molar-refractivity contribution in [1.29, 1.82) is 0 Å². The molecule has 0 unspecified atom stereocenters. The lowest BCUT2D eigenvalue weighted by Crippen LogP contribution is -2.51. The molecule has 1 aromatic carbocycles. The number of hydrogen-bond donors (Lipinski definition) is 0. The maximum atomic E-state index is 13.6. The Morgan fingerprint density at radius 2 is 1.95 bits per heavy atom. The summed E-state index contributed by atoms with van der Waals surface area (Å²) in [5.41, 5.74) is 0. The second-order valence-corrected chi connectivity index (χ2v) is 6.67. The van der Waals surface area contributed by atoms with Gasteiger partial charge in [-0.1, -0.05) is 0 Å². The maximum Gasteiger partial charge on any atom is 0.246 e. The van der Waals surface area contributed by atoms with Crippen LogP contribution in [0.25, 0.3) is 0 Å². The minimum atomic E-state index is -3.98. The Labute approximate surface area is 111 Å². The van der Waals surface area contributed by atoms with E-state index in [4.69, 9.17) is 0 Å². The van der Waals surface area contributed by atoms with E-state index in [0.717, 1.165) is 18.2 Å². The van der Waals surface area contributed by atoms with Crippen LogP contribution in [0.4, 0.5) is 8.78 Å². The van der Waals surface area contributed by atoms with Crippen LogP contribution in [0, 0.1) is 11.6 Å². The molecule has 2 rings (SSSR count). The molecule has 4 nitrogen and oxygen atoms in total. The first-order valence-electron chi connectivity index (χ1n) is 5.98. The van der Waals surface area contributed by atoms with Gasteiger partial charge < -0.3 is 4.90 Å². The van der Waals surface area contributed by atoms with Crippen molar-refractivity contribution in [2.75, 3.05) is 26.7 Å². The fourth-order valence-electron chi connectivity index (χ4n) is 2.05. The molecule has 1 atom stereocenters. The largest absolute Gasteiger partial charge is 0.301 e. The first-order chi connectivity index (χ1) is 8.82. The van der Waals surface area contributed by atoms with Gasteiger partial charge in [0.1, 0.15) is 16.5 Å². The molecule has 0 N–H and O–H groups in total. The lowest BCUT2D eigenvalue weighted by atomic mass is 10.2.